The zero-order valence-corrected chi connectivity index (χ0v) is 9.07. The van der Waals surface area contributed by atoms with Crippen LogP contribution in [0.3, 0.4) is 0 Å². The number of nitrogens with two attached hydrogens (primary N) is 1. The molecular weight excluding hydrogens is 192 g/mol. The second-order valence-corrected chi connectivity index (χ2v) is 3.91. The van der Waals surface area contributed by atoms with Crippen LogP contribution in [0.25, 0.3) is 11.3 Å². The molecule has 0 spiro atoms. The molecule has 0 unspecified atom stereocenters. The lowest BCUT2D eigenvalue weighted by Gasteiger charge is -2.02. The van der Waals surface area contributed by atoms with E-state index in [1.807, 2.05) is 13.0 Å². The summed E-state index contributed by atoms with van der Waals surface area (Å²) in [4.78, 5) is 0. The van der Waals surface area contributed by atoms with Crippen molar-refractivity contribution in [3.05, 3.63) is 23.7 Å². The number of anilines is 1. The van der Waals surface area contributed by atoms with Crippen molar-refractivity contribution >= 4 is 5.88 Å². The van der Waals surface area contributed by atoms with Gasteiger partial charge in [-0.25, -0.2) is 0 Å². The Labute approximate surface area is 88.0 Å². The molecule has 0 fully saturated rings. The normalized spacial score (nSPS) is 11.2. The van der Waals surface area contributed by atoms with Crippen LogP contribution in [0.1, 0.15) is 31.1 Å². The topological polar surface area (TPSA) is 65.2 Å². The molecule has 2 aromatic rings. The first-order valence-electron chi connectivity index (χ1n) is 4.90. The highest BCUT2D eigenvalue weighted by Gasteiger charge is 2.19. The van der Waals surface area contributed by atoms with Gasteiger partial charge in [0.25, 0.3) is 0 Å². The highest BCUT2D eigenvalue weighted by Crippen LogP contribution is 2.33. The number of hydrogen-bond acceptors (Lipinski definition) is 4. The van der Waals surface area contributed by atoms with E-state index in [0.29, 0.717) is 5.88 Å². The summed E-state index contributed by atoms with van der Waals surface area (Å²) in [6.07, 6.45) is 1.67. The Kier molecular flexibility index (Phi) is 2.26. The Hall–Kier alpha value is -1.71. The third-order valence-electron chi connectivity index (χ3n) is 2.34. The molecule has 2 rings (SSSR count). The predicted octanol–water partition coefficient (Wildman–Crippen LogP) is 2.95. The summed E-state index contributed by atoms with van der Waals surface area (Å²) in [7, 11) is 0. The lowest BCUT2D eigenvalue weighted by Crippen LogP contribution is -1.93. The van der Waals surface area contributed by atoms with Gasteiger partial charge in [-0.2, -0.15) is 0 Å². The van der Waals surface area contributed by atoms with E-state index in [4.69, 9.17) is 14.7 Å². The fraction of sp³-hybridized carbons (Fsp3) is 0.364. The van der Waals surface area contributed by atoms with E-state index in [1.165, 1.54) is 0 Å². The molecule has 2 aromatic heterocycles. The van der Waals surface area contributed by atoms with Crippen LogP contribution in [0.15, 0.2) is 21.3 Å². The summed E-state index contributed by atoms with van der Waals surface area (Å²) in [6.45, 7) is 6.00. The van der Waals surface area contributed by atoms with E-state index < -0.39 is 0 Å². The number of aromatic nitrogens is 1. The van der Waals surface area contributed by atoms with Crippen molar-refractivity contribution in [1.82, 2.24) is 5.16 Å². The van der Waals surface area contributed by atoms with Gasteiger partial charge in [-0.05, 0) is 18.9 Å². The number of nitrogens with zero attached hydrogens (tertiary/aromatic N) is 1. The summed E-state index contributed by atoms with van der Waals surface area (Å²) < 4.78 is 10.2. The molecule has 0 aliphatic heterocycles. The molecule has 0 radical (unpaired) electrons. The van der Waals surface area contributed by atoms with Crippen molar-refractivity contribution in [3.8, 4) is 11.3 Å². The monoisotopic (exact) mass is 206 g/mol. The second kappa shape index (κ2) is 3.46. The first-order chi connectivity index (χ1) is 7.09. The van der Waals surface area contributed by atoms with E-state index in [9.17, 15) is 0 Å². The summed E-state index contributed by atoms with van der Waals surface area (Å²) in [5.74, 6) is 1.52. The molecule has 4 nitrogen and oxygen atoms in total. The van der Waals surface area contributed by atoms with Crippen molar-refractivity contribution in [3.63, 3.8) is 0 Å². The summed E-state index contributed by atoms with van der Waals surface area (Å²) >= 11 is 0. The van der Waals surface area contributed by atoms with Crippen LogP contribution in [0.4, 0.5) is 5.88 Å². The summed E-state index contributed by atoms with van der Waals surface area (Å²) in [5, 5.41) is 3.96. The van der Waals surface area contributed by atoms with E-state index in [-0.39, 0.29) is 5.92 Å². The molecule has 2 N–H and O–H groups in total. The Balaban J connectivity index is 2.53. The molecule has 4 heteroatoms. The summed E-state index contributed by atoms with van der Waals surface area (Å²) in [6, 6.07) is 1.92. The number of hydrogen-bond donors (Lipinski definition) is 1. The molecule has 15 heavy (non-hydrogen) atoms. The van der Waals surface area contributed by atoms with Crippen molar-refractivity contribution in [2.75, 3.05) is 5.73 Å². The largest absolute Gasteiger partial charge is 0.469 e. The van der Waals surface area contributed by atoms with Crippen LogP contribution in [0, 0.1) is 6.92 Å². The van der Waals surface area contributed by atoms with Crippen LogP contribution in [-0.2, 0) is 0 Å². The van der Waals surface area contributed by atoms with Crippen molar-refractivity contribution < 1.29 is 8.94 Å². The van der Waals surface area contributed by atoms with Gasteiger partial charge in [0.15, 0.2) is 0 Å². The van der Waals surface area contributed by atoms with Crippen LogP contribution in [-0.4, -0.2) is 5.16 Å². The van der Waals surface area contributed by atoms with E-state index in [0.717, 1.165) is 22.6 Å². The van der Waals surface area contributed by atoms with Crippen molar-refractivity contribution in [1.29, 1.82) is 0 Å². The molecule has 0 saturated heterocycles. The van der Waals surface area contributed by atoms with Gasteiger partial charge in [-0.1, -0.05) is 19.0 Å². The van der Waals surface area contributed by atoms with Crippen LogP contribution < -0.4 is 5.73 Å². The van der Waals surface area contributed by atoms with Gasteiger partial charge < -0.3 is 14.7 Å². The van der Waals surface area contributed by atoms with E-state index in [1.54, 1.807) is 6.26 Å². The van der Waals surface area contributed by atoms with Gasteiger partial charge in [0.2, 0.25) is 5.88 Å². The molecule has 0 atom stereocenters. The predicted molar refractivity (Wildman–Crippen MR) is 57.4 cm³/mol. The lowest BCUT2D eigenvalue weighted by atomic mass is 10.0. The molecule has 0 saturated carbocycles. The Morgan fingerprint density at radius 1 is 1.40 bits per heavy atom. The first-order valence-corrected chi connectivity index (χ1v) is 4.90. The minimum atomic E-state index is 0.279. The van der Waals surface area contributed by atoms with E-state index in [2.05, 4.69) is 19.0 Å². The average molecular weight is 206 g/mol. The molecule has 0 amide bonds. The van der Waals surface area contributed by atoms with Crippen LogP contribution in [0.2, 0.25) is 0 Å². The van der Waals surface area contributed by atoms with Gasteiger partial charge in [0, 0.05) is 11.1 Å². The smallest absolute Gasteiger partial charge is 0.226 e. The molecule has 80 valence electrons. The Morgan fingerprint density at radius 3 is 2.67 bits per heavy atom. The molecule has 0 aromatic carbocycles. The third kappa shape index (κ3) is 1.63. The standard InChI is InChI=1S/C11H14N2O2/c1-6(2)9-10(13-15-11(9)12)8-4-7(3)14-5-8/h4-6H,12H2,1-3H3. The maximum atomic E-state index is 5.73. The fourth-order valence-corrected chi connectivity index (χ4v) is 1.64. The minimum absolute atomic E-state index is 0.279. The zero-order chi connectivity index (χ0) is 11.0. The van der Waals surface area contributed by atoms with Crippen LogP contribution in [0.5, 0.6) is 0 Å². The van der Waals surface area contributed by atoms with Crippen LogP contribution >= 0.6 is 0 Å². The fourth-order valence-electron chi connectivity index (χ4n) is 1.64. The molecule has 2 heterocycles. The van der Waals surface area contributed by atoms with Gasteiger partial charge in [-0.15, -0.1) is 0 Å². The number of rotatable bonds is 2. The summed E-state index contributed by atoms with van der Waals surface area (Å²) in [5.41, 5.74) is 8.36. The van der Waals surface area contributed by atoms with E-state index >= 15 is 0 Å². The highest BCUT2D eigenvalue weighted by atomic mass is 16.5. The molecular formula is C11H14N2O2. The number of nitrogen functional groups attached to an aromatic ring is 1. The molecule has 0 bridgehead atoms. The minimum Gasteiger partial charge on any atom is -0.469 e. The van der Waals surface area contributed by atoms with Crippen molar-refractivity contribution in [2.45, 2.75) is 26.7 Å². The molecule has 0 aliphatic carbocycles. The van der Waals surface area contributed by atoms with Gasteiger partial charge >= 0.3 is 0 Å². The lowest BCUT2D eigenvalue weighted by molar-refractivity contribution is 0.438. The zero-order valence-electron chi connectivity index (χ0n) is 9.07. The third-order valence-corrected chi connectivity index (χ3v) is 2.34. The van der Waals surface area contributed by atoms with Gasteiger partial charge in [0.1, 0.15) is 17.7 Å². The van der Waals surface area contributed by atoms with Gasteiger partial charge in [-0.3, -0.25) is 0 Å². The molecule has 0 aliphatic rings. The Bertz CT molecular complexity index is 469. The van der Waals surface area contributed by atoms with Gasteiger partial charge in [0.05, 0.1) is 0 Å². The Morgan fingerprint density at radius 2 is 2.13 bits per heavy atom. The first kappa shape index (κ1) is 9.83. The number of aryl methyl sites for hydroxylation is 1. The number of furan rings is 1. The quantitative estimate of drug-likeness (QED) is 0.820. The average Bonchev–Trinajstić information content (AvgIpc) is 2.71. The second-order valence-electron chi connectivity index (χ2n) is 3.91. The maximum absolute atomic E-state index is 5.73. The maximum Gasteiger partial charge on any atom is 0.226 e. The highest BCUT2D eigenvalue weighted by molar-refractivity contribution is 5.67. The SMILES string of the molecule is Cc1cc(-c2noc(N)c2C(C)C)co1. The van der Waals surface area contributed by atoms with Crippen molar-refractivity contribution in [2.24, 2.45) is 0 Å².